The third-order valence-corrected chi connectivity index (χ3v) is 5.17. The molecule has 1 heterocycles. The van der Waals surface area contributed by atoms with E-state index in [0.29, 0.717) is 12.5 Å². The van der Waals surface area contributed by atoms with Crippen molar-refractivity contribution in [2.75, 3.05) is 33.3 Å². The number of likely N-dealkylation sites (tertiary alicyclic amines) is 1. The average molecular weight is 293 g/mol. The second-order valence-electron chi connectivity index (χ2n) is 6.56. The molecule has 5 nitrogen and oxygen atoms in total. The van der Waals surface area contributed by atoms with Gasteiger partial charge in [0.15, 0.2) is 0 Å². The molecule has 2 aliphatic rings. The number of hydrogen-bond acceptors (Lipinski definition) is 4. The number of carbonyl (C=O) groups is 1. The van der Waals surface area contributed by atoms with Crippen LogP contribution in [-0.4, -0.2) is 59.6 Å². The van der Waals surface area contributed by atoms with Crippen LogP contribution in [0.1, 0.15) is 44.9 Å². The van der Waals surface area contributed by atoms with Gasteiger partial charge < -0.3 is 10.0 Å². The van der Waals surface area contributed by atoms with Crippen LogP contribution in [0.2, 0.25) is 0 Å². The molecule has 21 heavy (non-hydrogen) atoms. The molecule has 1 aliphatic heterocycles. The second-order valence-corrected chi connectivity index (χ2v) is 6.56. The Kier molecular flexibility index (Phi) is 5.60. The van der Waals surface area contributed by atoms with Crippen LogP contribution in [0.3, 0.4) is 0 Å². The van der Waals surface area contributed by atoms with Gasteiger partial charge in [0.05, 0.1) is 12.6 Å². The van der Waals surface area contributed by atoms with Crippen molar-refractivity contribution in [2.45, 2.75) is 50.5 Å². The van der Waals surface area contributed by atoms with Crippen LogP contribution in [0.15, 0.2) is 0 Å². The van der Waals surface area contributed by atoms with Gasteiger partial charge in [-0.15, -0.1) is 0 Å². The lowest BCUT2D eigenvalue weighted by atomic mass is 9.81. The number of nitrogens with zero attached hydrogens (tertiary/aromatic N) is 3. The topological polar surface area (TPSA) is 67.6 Å². The first-order valence-electron chi connectivity index (χ1n) is 8.12. The van der Waals surface area contributed by atoms with Gasteiger partial charge in [-0.25, -0.2) is 0 Å². The molecule has 0 aromatic heterocycles. The van der Waals surface area contributed by atoms with Crippen molar-refractivity contribution in [2.24, 2.45) is 5.92 Å². The smallest absolute Gasteiger partial charge is 0.237 e. The number of rotatable bonds is 5. The molecule has 1 aliphatic carbocycles. The third-order valence-electron chi connectivity index (χ3n) is 5.17. The summed E-state index contributed by atoms with van der Waals surface area (Å²) in [6, 6.07) is 2.41. The van der Waals surface area contributed by atoms with Gasteiger partial charge in [-0.05, 0) is 38.1 Å². The van der Waals surface area contributed by atoms with Crippen LogP contribution in [0.25, 0.3) is 0 Å². The standard InChI is InChI=1S/C16H27N3O2/c1-18(16(13-17)7-3-2-4-8-16)15(21)12-19-9-5-14(11-19)6-10-20/h14,20H,2-12H2,1H3. The minimum absolute atomic E-state index is 0.0584. The molecule has 2 rings (SSSR count). The van der Waals surface area contributed by atoms with Gasteiger partial charge in [0.25, 0.3) is 0 Å². The molecule has 1 saturated heterocycles. The van der Waals surface area contributed by atoms with E-state index in [1.165, 1.54) is 6.42 Å². The van der Waals surface area contributed by atoms with Crippen molar-refractivity contribution in [3.8, 4) is 6.07 Å². The Hall–Kier alpha value is -1.12. The number of nitriles is 1. The van der Waals surface area contributed by atoms with Crippen molar-refractivity contribution in [1.82, 2.24) is 9.80 Å². The molecule has 5 heteroatoms. The van der Waals surface area contributed by atoms with E-state index in [9.17, 15) is 10.1 Å². The van der Waals surface area contributed by atoms with Crippen LogP contribution < -0.4 is 0 Å². The SMILES string of the molecule is CN(C(=O)CN1CCC(CCO)C1)C1(C#N)CCCCC1. The lowest BCUT2D eigenvalue weighted by Gasteiger charge is -2.39. The van der Waals surface area contributed by atoms with Crippen molar-refractivity contribution < 1.29 is 9.90 Å². The first kappa shape index (κ1) is 16.3. The first-order chi connectivity index (χ1) is 10.1. The Bertz CT molecular complexity index is 399. The Morgan fingerprint density at radius 1 is 1.43 bits per heavy atom. The van der Waals surface area contributed by atoms with E-state index in [-0.39, 0.29) is 12.5 Å². The minimum atomic E-state index is -0.584. The van der Waals surface area contributed by atoms with E-state index in [0.717, 1.165) is 51.6 Å². The highest BCUT2D eigenvalue weighted by Gasteiger charge is 2.39. The Labute approximate surface area is 127 Å². The van der Waals surface area contributed by atoms with E-state index >= 15 is 0 Å². The molecule has 1 unspecified atom stereocenters. The second kappa shape index (κ2) is 7.24. The van der Waals surface area contributed by atoms with Gasteiger partial charge in [-0.3, -0.25) is 9.69 Å². The summed E-state index contributed by atoms with van der Waals surface area (Å²) in [6.07, 6.45) is 6.72. The molecule has 0 radical (unpaired) electrons. The molecular weight excluding hydrogens is 266 g/mol. The summed E-state index contributed by atoms with van der Waals surface area (Å²) in [4.78, 5) is 16.4. The number of amides is 1. The molecule has 1 saturated carbocycles. The zero-order chi connectivity index (χ0) is 15.3. The van der Waals surface area contributed by atoms with Crippen molar-refractivity contribution in [1.29, 1.82) is 5.26 Å². The molecule has 1 amide bonds. The van der Waals surface area contributed by atoms with E-state index in [1.54, 1.807) is 11.9 Å². The highest BCUT2D eigenvalue weighted by atomic mass is 16.3. The summed E-state index contributed by atoms with van der Waals surface area (Å²) in [7, 11) is 1.79. The summed E-state index contributed by atoms with van der Waals surface area (Å²) in [6.45, 7) is 2.44. The summed E-state index contributed by atoms with van der Waals surface area (Å²) in [5.74, 6) is 0.566. The fourth-order valence-electron chi connectivity index (χ4n) is 3.67. The van der Waals surface area contributed by atoms with Crippen molar-refractivity contribution in [3.63, 3.8) is 0 Å². The maximum absolute atomic E-state index is 12.5. The van der Waals surface area contributed by atoms with Gasteiger partial charge in [0.1, 0.15) is 5.54 Å². The summed E-state index contributed by atoms with van der Waals surface area (Å²) in [5, 5.41) is 18.5. The number of aliphatic hydroxyl groups is 1. The van der Waals surface area contributed by atoms with Gasteiger partial charge in [0, 0.05) is 20.2 Å². The fourth-order valence-corrected chi connectivity index (χ4v) is 3.67. The molecule has 2 fully saturated rings. The van der Waals surface area contributed by atoms with Crippen LogP contribution in [0, 0.1) is 17.2 Å². The van der Waals surface area contributed by atoms with Crippen LogP contribution in [0.5, 0.6) is 0 Å². The predicted octanol–water partition coefficient (Wildman–Crippen LogP) is 1.38. The van der Waals surface area contributed by atoms with Gasteiger partial charge >= 0.3 is 0 Å². The van der Waals surface area contributed by atoms with Crippen LogP contribution >= 0.6 is 0 Å². The quantitative estimate of drug-likeness (QED) is 0.831. The van der Waals surface area contributed by atoms with E-state index in [2.05, 4.69) is 11.0 Å². The predicted molar refractivity (Wildman–Crippen MR) is 80.4 cm³/mol. The molecule has 1 atom stereocenters. The Balaban J connectivity index is 1.89. The summed E-state index contributed by atoms with van der Waals surface area (Å²) < 4.78 is 0. The molecular formula is C16H27N3O2. The highest BCUT2D eigenvalue weighted by Crippen LogP contribution is 2.32. The minimum Gasteiger partial charge on any atom is -0.396 e. The lowest BCUT2D eigenvalue weighted by molar-refractivity contribution is -0.135. The number of carbonyl (C=O) groups excluding carboxylic acids is 1. The fraction of sp³-hybridized carbons (Fsp3) is 0.875. The Morgan fingerprint density at radius 3 is 2.76 bits per heavy atom. The number of hydrogen-bond donors (Lipinski definition) is 1. The summed E-state index contributed by atoms with van der Waals surface area (Å²) >= 11 is 0. The zero-order valence-corrected chi connectivity index (χ0v) is 13.1. The molecule has 0 spiro atoms. The molecule has 0 aromatic carbocycles. The highest BCUT2D eigenvalue weighted by molar-refractivity contribution is 5.79. The molecule has 118 valence electrons. The maximum atomic E-state index is 12.5. The van der Waals surface area contributed by atoms with Crippen molar-refractivity contribution >= 4 is 5.91 Å². The molecule has 0 aromatic rings. The normalized spacial score (nSPS) is 25.5. The largest absolute Gasteiger partial charge is 0.396 e. The first-order valence-corrected chi connectivity index (χ1v) is 8.12. The molecule has 1 N–H and O–H groups in total. The zero-order valence-electron chi connectivity index (χ0n) is 13.1. The monoisotopic (exact) mass is 293 g/mol. The van der Waals surface area contributed by atoms with Gasteiger partial charge in [0.2, 0.25) is 5.91 Å². The van der Waals surface area contributed by atoms with E-state index < -0.39 is 5.54 Å². The average Bonchev–Trinajstić information content (AvgIpc) is 2.94. The Morgan fingerprint density at radius 2 is 2.14 bits per heavy atom. The van der Waals surface area contributed by atoms with E-state index in [4.69, 9.17) is 5.11 Å². The van der Waals surface area contributed by atoms with Crippen molar-refractivity contribution in [3.05, 3.63) is 0 Å². The molecule has 0 bridgehead atoms. The maximum Gasteiger partial charge on any atom is 0.237 e. The van der Waals surface area contributed by atoms with Gasteiger partial charge in [-0.1, -0.05) is 19.3 Å². The van der Waals surface area contributed by atoms with E-state index in [1.807, 2.05) is 0 Å². The lowest BCUT2D eigenvalue weighted by Crippen LogP contribution is -2.52. The summed E-state index contributed by atoms with van der Waals surface area (Å²) in [5.41, 5.74) is -0.584. The van der Waals surface area contributed by atoms with Crippen LogP contribution in [-0.2, 0) is 4.79 Å². The number of aliphatic hydroxyl groups excluding tert-OH is 1. The van der Waals surface area contributed by atoms with Gasteiger partial charge in [-0.2, -0.15) is 5.26 Å². The third kappa shape index (κ3) is 3.75. The number of likely N-dealkylation sites (N-methyl/N-ethyl adjacent to an activating group) is 1. The van der Waals surface area contributed by atoms with Crippen LogP contribution in [0.4, 0.5) is 0 Å².